The first kappa shape index (κ1) is 28.4. The number of H-pyrrole nitrogens is 2. The summed E-state index contributed by atoms with van der Waals surface area (Å²) >= 11 is 0. The Hall–Kier alpha value is -4.34. The number of nitrogens with zero attached hydrogens (tertiary/aromatic N) is 4. The molecule has 1 fully saturated rings. The van der Waals surface area contributed by atoms with Crippen molar-refractivity contribution >= 4 is 42.9 Å². The number of aromatic nitrogens is 6. The van der Waals surface area contributed by atoms with Gasteiger partial charge in [-0.15, -0.1) is 0 Å². The van der Waals surface area contributed by atoms with E-state index < -0.39 is 9.39 Å². The molecule has 1 aliphatic carbocycles. The van der Waals surface area contributed by atoms with Crippen LogP contribution in [0.4, 0.5) is 4.39 Å². The molecule has 44 heavy (non-hydrogen) atoms. The third-order valence-corrected chi connectivity index (χ3v) is 9.29. The van der Waals surface area contributed by atoms with Crippen molar-refractivity contribution in [1.82, 2.24) is 34.9 Å². The second-order valence-electron chi connectivity index (χ2n) is 12.2. The molecule has 3 N–H and O–H groups in total. The standard InChI is InChI=1S/C35H36FN7S/c1-44(2,3)40-19-24-12-25(15-27(36)14-24)34-28-17-32(41-30(28)9-10-38-34)35-29-16-31(39-21-33(29)42-43-35)26-13-23(18-37-20-26)11-22-7-5-4-6-8-22/h9-10,12-18,20-22,40-41H,1-2,4-8,11,19H2,3H3,(H,42,43). The summed E-state index contributed by atoms with van der Waals surface area (Å²) < 4.78 is 18.0. The van der Waals surface area contributed by atoms with E-state index in [0.29, 0.717) is 17.8 Å². The fraction of sp³-hybridized carbons (Fsp3) is 0.257. The van der Waals surface area contributed by atoms with Crippen LogP contribution in [-0.4, -0.2) is 48.1 Å². The van der Waals surface area contributed by atoms with Gasteiger partial charge < -0.3 is 4.98 Å². The normalized spacial score (nSPS) is 14.5. The number of rotatable bonds is 8. The van der Waals surface area contributed by atoms with Crippen LogP contribution < -0.4 is 4.72 Å². The molecule has 0 bridgehead atoms. The maximum absolute atomic E-state index is 14.7. The number of pyridine rings is 3. The van der Waals surface area contributed by atoms with Crippen LogP contribution in [-0.2, 0) is 13.0 Å². The average Bonchev–Trinajstić information content (AvgIpc) is 3.64. The zero-order valence-corrected chi connectivity index (χ0v) is 25.7. The van der Waals surface area contributed by atoms with Crippen LogP contribution in [0.1, 0.15) is 43.2 Å². The van der Waals surface area contributed by atoms with Crippen molar-refractivity contribution in [2.24, 2.45) is 5.92 Å². The van der Waals surface area contributed by atoms with Gasteiger partial charge in [-0.25, -0.2) is 4.39 Å². The van der Waals surface area contributed by atoms with Crippen molar-refractivity contribution in [3.05, 3.63) is 84.2 Å². The summed E-state index contributed by atoms with van der Waals surface area (Å²) in [7, 11) is -1.43. The summed E-state index contributed by atoms with van der Waals surface area (Å²) in [5, 5.41) is 9.64. The minimum Gasteiger partial charge on any atom is -0.353 e. The van der Waals surface area contributed by atoms with Gasteiger partial charge >= 0.3 is 0 Å². The predicted molar refractivity (Wildman–Crippen MR) is 182 cm³/mol. The van der Waals surface area contributed by atoms with Crippen molar-refractivity contribution in [1.29, 1.82) is 0 Å². The monoisotopic (exact) mass is 605 g/mol. The van der Waals surface area contributed by atoms with E-state index in [1.807, 2.05) is 43.0 Å². The van der Waals surface area contributed by atoms with Crippen LogP contribution in [0.5, 0.6) is 0 Å². The molecular formula is C35H36FN7S. The number of hydrogen-bond acceptors (Lipinski definition) is 5. The second kappa shape index (κ2) is 11.6. The zero-order valence-electron chi connectivity index (χ0n) is 24.9. The maximum Gasteiger partial charge on any atom is 0.124 e. The molecule has 0 saturated heterocycles. The lowest BCUT2D eigenvalue weighted by atomic mass is 9.85. The van der Waals surface area contributed by atoms with Gasteiger partial charge in [0.05, 0.1) is 28.8 Å². The summed E-state index contributed by atoms with van der Waals surface area (Å²) in [5.41, 5.74) is 8.73. The molecule has 0 unspecified atom stereocenters. The molecule has 0 amide bonds. The van der Waals surface area contributed by atoms with Gasteiger partial charge in [0.25, 0.3) is 0 Å². The Balaban J connectivity index is 1.23. The van der Waals surface area contributed by atoms with E-state index in [2.05, 4.69) is 53.7 Å². The topological polar surface area (TPSA) is 95.2 Å². The SMILES string of the molecule is C=S(=C)(C)NCc1cc(F)cc(-c2nccc3[nH]c(-c4n[nH]c5cnc(-c6cncc(CC7CCCCC7)c6)cc45)cc23)c1. The smallest absolute Gasteiger partial charge is 0.124 e. The Morgan fingerprint density at radius 2 is 1.70 bits per heavy atom. The molecule has 1 aromatic carbocycles. The van der Waals surface area contributed by atoms with Gasteiger partial charge in [-0.05, 0) is 72.2 Å². The highest BCUT2D eigenvalue weighted by molar-refractivity contribution is 8.25. The quantitative estimate of drug-likeness (QED) is 0.154. The molecule has 1 saturated carbocycles. The van der Waals surface area contributed by atoms with Crippen LogP contribution in [0, 0.1) is 11.7 Å². The number of hydrogen-bond donors (Lipinski definition) is 3. The molecular weight excluding hydrogens is 569 g/mol. The van der Waals surface area contributed by atoms with Crippen molar-refractivity contribution in [3.8, 4) is 33.9 Å². The number of nitrogens with one attached hydrogen (secondary N) is 3. The summed E-state index contributed by atoms with van der Waals surface area (Å²) in [4.78, 5) is 17.5. The van der Waals surface area contributed by atoms with Gasteiger partial charge in [0.2, 0.25) is 0 Å². The van der Waals surface area contributed by atoms with E-state index in [4.69, 9.17) is 4.98 Å². The number of aromatic amines is 2. The van der Waals surface area contributed by atoms with E-state index in [9.17, 15) is 4.39 Å². The minimum absolute atomic E-state index is 0.311. The van der Waals surface area contributed by atoms with Gasteiger partial charge in [-0.2, -0.15) is 14.5 Å². The lowest BCUT2D eigenvalue weighted by molar-refractivity contribution is 0.356. The molecule has 0 radical (unpaired) electrons. The van der Waals surface area contributed by atoms with E-state index in [-0.39, 0.29) is 5.82 Å². The molecule has 1 aliphatic rings. The van der Waals surface area contributed by atoms with Crippen LogP contribution in [0.2, 0.25) is 0 Å². The Bertz CT molecular complexity index is 2090. The highest BCUT2D eigenvalue weighted by Gasteiger charge is 2.18. The molecule has 0 spiro atoms. The second-order valence-corrected chi connectivity index (χ2v) is 15.1. The molecule has 0 atom stereocenters. The van der Waals surface area contributed by atoms with Gasteiger partial charge in [0, 0.05) is 52.6 Å². The van der Waals surface area contributed by atoms with Gasteiger partial charge in [-0.3, -0.25) is 24.8 Å². The number of benzene rings is 1. The lowest BCUT2D eigenvalue weighted by Gasteiger charge is -2.21. The van der Waals surface area contributed by atoms with Crippen molar-refractivity contribution in [3.63, 3.8) is 0 Å². The first-order chi connectivity index (χ1) is 21.3. The van der Waals surface area contributed by atoms with E-state index in [1.165, 1.54) is 49.8 Å². The third kappa shape index (κ3) is 6.02. The first-order valence-electron chi connectivity index (χ1n) is 15.0. The number of fused-ring (bicyclic) bond motifs is 2. The summed E-state index contributed by atoms with van der Waals surface area (Å²) in [6, 6.07) is 13.3. The van der Waals surface area contributed by atoms with Gasteiger partial charge in [-0.1, -0.05) is 43.8 Å². The molecule has 9 heteroatoms. The summed E-state index contributed by atoms with van der Waals surface area (Å²) in [6.45, 7) is 0.479. The molecule has 7 rings (SSSR count). The third-order valence-electron chi connectivity index (χ3n) is 8.45. The van der Waals surface area contributed by atoms with E-state index in [0.717, 1.165) is 62.4 Å². The number of halogens is 1. The van der Waals surface area contributed by atoms with Gasteiger partial charge in [0.15, 0.2) is 0 Å². The van der Waals surface area contributed by atoms with Crippen molar-refractivity contribution < 1.29 is 4.39 Å². The maximum atomic E-state index is 14.7. The van der Waals surface area contributed by atoms with Crippen LogP contribution in [0.25, 0.3) is 55.7 Å². The molecule has 224 valence electrons. The zero-order chi connectivity index (χ0) is 30.3. The summed E-state index contributed by atoms with van der Waals surface area (Å²) in [5.74, 6) is 8.56. The molecule has 0 aliphatic heterocycles. The Morgan fingerprint density at radius 1 is 0.886 bits per heavy atom. The first-order valence-corrected chi connectivity index (χ1v) is 17.4. The van der Waals surface area contributed by atoms with Crippen molar-refractivity contribution in [2.45, 2.75) is 45.1 Å². The Morgan fingerprint density at radius 3 is 2.55 bits per heavy atom. The predicted octanol–water partition coefficient (Wildman–Crippen LogP) is 7.80. The lowest BCUT2D eigenvalue weighted by Crippen LogP contribution is -2.09. The van der Waals surface area contributed by atoms with Crippen molar-refractivity contribution in [2.75, 3.05) is 6.26 Å². The molecule has 5 heterocycles. The Labute approximate surface area is 257 Å². The van der Waals surface area contributed by atoms with Crippen LogP contribution in [0.3, 0.4) is 0 Å². The largest absolute Gasteiger partial charge is 0.353 e. The minimum atomic E-state index is -1.43. The fourth-order valence-electron chi connectivity index (χ4n) is 6.30. The highest BCUT2D eigenvalue weighted by atomic mass is 32.2. The van der Waals surface area contributed by atoms with Crippen LogP contribution in [0.15, 0.2) is 67.3 Å². The average molecular weight is 606 g/mol. The Kier molecular flexibility index (Phi) is 7.52. The highest BCUT2D eigenvalue weighted by Crippen LogP contribution is 2.35. The van der Waals surface area contributed by atoms with E-state index >= 15 is 0 Å². The fourth-order valence-corrected chi connectivity index (χ4v) is 6.82. The molecule has 6 aromatic rings. The van der Waals surface area contributed by atoms with Crippen LogP contribution >= 0.6 is 9.39 Å². The molecule has 5 aromatic heterocycles. The van der Waals surface area contributed by atoms with E-state index in [1.54, 1.807) is 6.20 Å². The summed E-state index contributed by atoms with van der Waals surface area (Å²) in [6.07, 6.45) is 17.1. The molecule has 7 nitrogen and oxygen atoms in total. The van der Waals surface area contributed by atoms with Gasteiger partial charge in [0.1, 0.15) is 11.5 Å².